The molecule has 0 aliphatic carbocycles. The topological polar surface area (TPSA) is 66.8 Å². The first-order valence-corrected chi connectivity index (χ1v) is 5.65. The van der Waals surface area contributed by atoms with Gasteiger partial charge in [-0.05, 0) is 17.7 Å². The molecule has 4 heteroatoms. The average Bonchev–Trinajstić information content (AvgIpc) is 2.33. The predicted molar refractivity (Wildman–Crippen MR) is 67.6 cm³/mol. The number of esters is 1. The third kappa shape index (κ3) is 2.37. The van der Waals surface area contributed by atoms with Gasteiger partial charge >= 0.3 is 5.97 Å². The molecule has 0 saturated carbocycles. The number of carbonyl (C=O) groups is 1. The summed E-state index contributed by atoms with van der Waals surface area (Å²) in [5.41, 5.74) is 0.835. The number of carbonyl (C=O) groups excluding carboxylic acids is 1. The van der Waals surface area contributed by atoms with E-state index in [1.165, 1.54) is 19.1 Å². The molecule has 0 unspecified atom stereocenters. The Morgan fingerprint density at radius 1 is 1.17 bits per heavy atom. The molecule has 0 aliphatic heterocycles. The number of fused-ring (bicyclic) bond motifs is 1. The number of hydrogen-bond donors (Lipinski definition) is 2. The fraction of sp³-hybridized carbons (Fsp3) is 0.214. The van der Waals surface area contributed by atoms with Crippen molar-refractivity contribution in [2.24, 2.45) is 0 Å². The fourth-order valence-corrected chi connectivity index (χ4v) is 1.96. The molecule has 0 saturated heterocycles. The SMILES string of the molecule is CC(=O)OCCc1cccc2c(O)ccc(O)c12. The molecule has 0 aliphatic rings. The van der Waals surface area contributed by atoms with Crippen LogP contribution in [0.25, 0.3) is 10.8 Å². The smallest absolute Gasteiger partial charge is 0.302 e. The first-order valence-electron chi connectivity index (χ1n) is 5.65. The van der Waals surface area contributed by atoms with E-state index in [0.29, 0.717) is 17.2 Å². The number of phenols is 2. The van der Waals surface area contributed by atoms with E-state index in [-0.39, 0.29) is 24.1 Å². The summed E-state index contributed by atoms with van der Waals surface area (Å²) in [4.78, 5) is 10.7. The molecule has 18 heavy (non-hydrogen) atoms. The summed E-state index contributed by atoms with van der Waals surface area (Å²) in [7, 11) is 0. The van der Waals surface area contributed by atoms with Crippen molar-refractivity contribution in [3.63, 3.8) is 0 Å². The van der Waals surface area contributed by atoms with E-state index in [4.69, 9.17) is 4.74 Å². The second-order valence-electron chi connectivity index (χ2n) is 4.03. The zero-order chi connectivity index (χ0) is 13.1. The van der Waals surface area contributed by atoms with Crippen LogP contribution in [0.4, 0.5) is 0 Å². The quantitative estimate of drug-likeness (QED) is 0.644. The van der Waals surface area contributed by atoms with Gasteiger partial charge in [-0.3, -0.25) is 4.79 Å². The van der Waals surface area contributed by atoms with Gasteiger partial charge in [0.05, 0.1) is 6.61 Å². The van der Waals surface area contributed by atoms with E-state index in [1.54, 1.807) is 12.1 Å². The van der Waals surface area contributed by atoms with Crippen LogP contribution in [0.15, 0.2) is 30.3 Å². The molecule has 0 atom stereocenters. The van der Waals surface area contributed by atoms with E-state index in [9.17, 15) is 15.0 Å². The Labute approximate surface area is 104 Å². The maximum absolute atomic E-state index is 10.7. The van der Waals surface area contributed by atoms with Crippen molar-refractivity contribution in [1.82, 2.24) is 0 Å². The van der Waals surface area contributed by atoms with E-state index in [0.717, 1.165) is 5.56 Å². The summed E-state index contributed by atoms with van der Waals surface area (Å²) in [6, 6.07) is 8.27. The average molecular weight is 246 g/mol. The van der Waals surface area contributed by atoms with E-state index in [1.807, 2.05) is 6.07 Å². The Morgan fingerprint density at radius 3 is 2.61 bits per heavy atom. The Balaban J connectivity index is 2.38. The van der Waals surface area contributed by atoms with Crippen molar-refractivity contribution in [2.75, 3.05) is 6.61 Å². The van der Waals surface area contributed by atoms with Crippen molar-refractivity contribution in [2.45, 2.75) is 13.3 Å². The molecule has 2 rings (SSSR count). The highest BCUT2D eigenvalue weighted by atomic mass is 16.5. The van der Waals surface area contributed by atoms with Crippen LogP contribution >= 0.6 is 0 Å². The number of rotatable bonds is 3. The second-order valence-corrected chi connectivity index (χ2v) is 4.03. The molecule has 0 fully saturated rings. The van der Waals surface area contributed by atoms with Crippen molar-refractivity contribution < 1.29 is 19.7 Å². The summed E-state index contributed by atoms with van der Waals surface area (Å²) in [5, 5.41) is 20.8. The normalized spacial score (nSPS) is 10.5. The fourth-order valence-electron chi connectivity index (χ4n) is 1.96. The van der Waals surface area contributed by atoms with E-state index >= 15 is 0 Å². The van der Waals surface area contributed by atoms with Crippen LogP contribution in [0.3, 0.4) is 0 Å². The van der Waals surface area contributed by atoms with Crippen LogP contribution < -0.4 is 0 Å². The van der Waals surface area contributed by atoms with Crippen LogP contribution in [0.2, 0.25) is 0 Å². The maximum Gasteiger partial charge on any atom is 0.302 e. The molecule has 0 heterocycles. The highest BCUT2D eigenvalue weighted by Gasteiger charge is 2.09. The minimum Gasteiger partial charge on any atom is -0.507 e. The molecule has 2 aromatic carbocycles. The van der Waals surface area contributed by atoms with Crippen molar-refractivity contribution in [3.8, 4) is 11.5 Å². The summed E-state index contributed by atoms with van der Waals surface area (Å²) < 4.78 is 4.88. The number of ether oxygens (including phenoxy) is 1. The van der Waals surface area contributed by atoms with Crippen LogP contribution in [-0.4, -0.2) is 22.8 Å². The predicted octanol–water partition coefficient (Wildman–Crippen LogP) is 2.36. The summed E-state index contributed by atoms with van der Waals surface area (Å²) in [6.45, 7) is 1.61. The molecule has 94 valence electrons. The summed E-state index contributed by atoms with van der Waals surface area (Å²) in [6.07, 6.45) is 0.494. The van der Waals surface area contributed by atoms with Crippen LogP contribution in [0.1, 0.15) is 12.5 Å². The molecule has 0 radical (unpaired) electrons. The molecule has 4 nitrogen and oxygen atoms in total. The highest BCUT2D eigenvalue weighted by Crippen LogP contribution is 2.34. The lowest BCUT2D eigenvalue weighted by molar-refractivity contribution is -0.140. The van der Waals surface area contributed by atoms with E-state index < -0.39 is 0 Å². The molecule has 0 spiro atoms. The number of aromatic hydroxyl groups is 2. The monoisotopic (exact) mass is 246 g/mol. The largest absolute Gasteiger partial charge is 0.507 e. The standard InChI is InChI=1S/C14H14O4/c1-9(15)18-8-7-10-3-2-4-11-12(16)5-6-13(17)14(10)11/h2-6,16-17H,7-8H2,1H3. The van der Waals surface area contributed by atoms with Gasteiger partial charge in [0.15, 0.2) is 0 Å². The van der Waals surface area contributed by atoms with E-state index in [2.05, 4.69) is 0 Å². The molecular weight excluding hydrogens is 232 g/mol. The molecule has 0 bridgehead atoms. The minimum absolute atomic E-state index is 0.112. The van der Waals surface area contributed by atoms with Crippen LogP contribution in [0, 0.1) is 0 Å². The van der Waals surface area contributed by atoms with Gasteiger partial charge in [-0.2, -0.15) is 0 Å². The lowest BCUT2D eigenvalue weighted by Gasteiger charge is -2.09. The minimum atomic E-state index is -0.331. The van der Waals surface area contributed by atoms with Crippen molar-refractivity contribution >= 4 is 16.7 Å². The molecule has 2 aromatic rings. The first kappa shape index (κ1) is 12.2. The Morgan fingerprint density at radius 2 is 1.89 bits per heavy atom. The Hall–Kier alpha value is -2.23. The van der Waals surface area contributed by atoms with Gasteiger partial charge in [-0.1, -0.05) is 18.2 Å². The third-order valence-corrected chi connectivity index (χ3v) is 2.76. The van der Waals surface area contributed by atoms with Gasteiger partial charge in [-0.15, -0.1) is 0 Å². The van der Waals surface area contributed by atoms with Crippen LogP contribution in [-0.2, 0) is 16.0 Å². The lowest BCUT2D eigenvalue weighted by Crippen LogP contribution is -2.03. The van der Waals surface area contributed by atoms with Gasteiger partial charge < -0.3 is 14.9 Å². The van der Waals surface area contributed by atoms with Crippen molar-refractivity contribution in [1.29, 1.82) is 0 Å². The number of phenolic OH excluding ortho intramolecular Hbond substituents is 2. The van der Waals surface area contributed by atoms with Gasteiger partial charge in [0.25, 0.3) is 0 Å². The number of benzene rings is 2. The first-order chi connectivity index (χ1) is 8.59. The molecule has 2 N–H and O–H groups in total. The zero-order valence-electron chi connectivity index (χ0n) is 10.0. The molecular formula is C14H14O4. The highest BCUT2D eigenvalue weighted by molar-refractivity contribution is 5.95. The lowest BCUT2D eigenvalue weighted by atomic mass is 10.0. The van der Waals surface area contributed by atoms with Gasteiger partial charge in [0, 0.05) is 24.1 Å². The van der Waals surface area contributed by atoms with Crippen molar-refractivity contribution in [3.05, 3.63) is 35.9 Å². The third-order valence-electron chi connectivity index (χ3n) is 2.76. The Bertz CT molecular complexity index is 590. The maximum atomic E-state index is 10.7. The van der Waals surface area contributed by atoms with Gasteiger partial charge in [0.1, 0.15) is 11.5 Å². The molecule has 0 amide bonds. The second kappa shape index (κ2) is 4.96. The Kier molecular flexibility index (Phi) is 3.37. The summed E-state index contributed by atoms with van der Waals surface area (Å²) >= 11 is 0. The van der Waals surface area contributed by atoms with Gasteiger partial charge in [-0.25, -0.2) is 0 Å². The van der Waals surface area contributed by atoms with Gasteiger partial charge in [0.2, 0.25) is 0 Å². The molecule has 0 aromatic heterocycles. The van der Waals surface area contributed by atoms with Crippen LogP contribution in [0.5, 0.6) is 11.5 Å². The number of hydrogen-bond acceptors (Lipinski definition) is 4. The summed E-state index contributed by atoms with van der Waals surface area (Å²) in [5.74, 6) is -0.0966. The zero-order valence-corrected chi connectivity index (χ0v) is 10.0.